The van der Waals surface area contributed by atoms with Crippen LogP contribution in [0.5, 0.6) is 0 Å². The predicted octanol–water partition coefficient (Wildman–Crippen LogP) is 2.20. The first-order chi connectivity index (χ1) is 9.75. The summed E-state index contributed by atoms with van der Waals surface area (Å²) in [7, 11) is 0. The minimum atomic E-state index is -0.355. The number of carbonyl (C=O) groups is 1. The lowest BCUT2D eigenvalue weighted by Crippen LogP contribution is -2.54. The van der Waals surface area contributed by atoms with Crippen molar-refractivity contribution < 1.29 is 9.18 Å². The van der Waals surface area contributed by atoms with E-state index in [2.05, 4.69) is 4.98 Å². The fourth-order valence-corrected chi connectivity index (χ4v) is 3.30. The van der Waals surface area contributed by atoms with Gasteiger partial charge in [-0.1, -0.05) is 19.3 Å². The molecule has 1 saturated carbocycles. The van der Waals surface area contributed by atoms with Crippen molar-refractivity contribution in [3.63, 3.8) is 0 Å². The Morgan fingerprint density at radius 3 is 2.70 bits per heavy atom. The molecule has 1 aliphatic carbocycles. The maximum atomic E-state index is 13.7. The number of hydrogen-bond acceptors (Lipinski definition) is 3. The van der Waals surface area contributed by atoms with E-state index in [1.165, 1.54) is 25.5 Å². The monoisotopic (exact) mass is 277 g/mol. The standard InChI is InChI=1S/C15H20FN3O/c16-13-10-17-7-6-14(13)18-8-9-19(15(20)11-18)12-4-2-1-3-5-12/h6-7,10,12H,1-5,8-9,11H2. The summed E-state index contributed by atoms with van der Waals surface area (Å²) in [6, 6.07) is 2.04. The van der Waals surface area contributed by atoms with Crippen molar-refractivity contribution in [2.45, 2.75) is 38.1 Å². The van der Waals surface area contributed by atoms with Crippen LogP contribution < -0.4 is 4.90 Å². The number of nitrogens with zero attached hydrogens (tertiary/aromatic N) is 3. The van der Waals surface area contributed by atoms with Gasteiger partial charge in [0, 0.05) is 25.3 Å². The summed E-state index contributed by atoms with van der Waals surface area (Å²) in [4.78, 5) is 19.9. The average molecular weight is 277 g/mol. The van der Waals surface area contributed by atoms with Crippen LogP contribution in [0.4, 0.5) is 10.1 Å². The lowest BCUT2D eigenvalue weighted by atomic mass is 9.93. The first-order valence-electron chi connectivity index (χ1n) is 7.39. The Morgan fingerprint density at radius 1 is 1.20 bits per heavy atom. The third-order valence-electron chi connectivity index (χ3n) is 4.36. The van der Waals surface area contributed by atoms with E-state index in [1.807, 2.05) is 9.80 Å². The zero-order valence-corrected chi connectivity index (χ0v) is 11.6. The highest BCUT2D eigenvalue weighted by atomic mass is 19.1. The van der Waals surface area contributed by atoms with E-state index in [1.54, 1.807) is 12.3 Å². The Labute approximate surface area is 118 Å². The van der Waals surface area contributed by atoms with Gasteiger partial charge in [-0.05, 0) is 18.9 Å². The highest BCUT2D eigenvalue weighted by molar-refractivity contribution is 5.83. The topological polar surface area (TPSA) is 36.4 Å². The number of halogens is 1. The molecule has 0 radical (unpaired) electrons. The van der Waals surface area contributed by atoms with Crippen LogP contribution in [0.1, 0.15) is 32.1 Å². The van der Waals surface area contributed by atoms with Gasteiger partial charge < -0.3 is 9.80 Å². The van der Waals surface area contributed by atoms with E-state index >= 15 is 0 Å². The first-order valence-corrected chi connectivity index (χ1v) is 7.39. The Kier molecular flexibility index (Phi) is 3.85. The van der Waals surface area contributed by atoms with Gasteiger partial charge in [-0.25, -0.2) is 4.39 Å². The van der Waals surface area contributed by atoms with Crippen LogP contribution in [0, 0.1) is 5.82 Å². The van der Waals surface area contributed by atoms with Crippen molar-refractivity contribution in [3.8, 4) is 0 Å². The molecule has 108 valence electrons. The molecule has 0 unspecified atom stereocenters. The van der Waals surface area contributed by atoms with Crippen LogP contribution >= 0.6 is 0 Å². The number of piperazine rings is 1. The number of rotatable bonds is 2. The van der Waals surface area contributed by atoms with Crippen molar-refractivity contribution in [2.24, 2.45) is 0 Å². The highest BCUT2D eigenvalue weighted by Gasteiger charge is 2.31. The van der Waals surface area contributed by atoms with E-state index in [-0.39, 0.29) is 18.3 Å². The molecule has 1 aliphatic heterocycles. The molecule has 4 nitrogen and oxygen atoms in total. The molecule has 2 aliphatic rings. The van der Waals surface area contributed by atoms with E-state index in [4.69, 9.17) is 0 Å². The maximum absolute atomic E-state index is 13.7. The van der Waals surface area contributed by atoms with E-state index < -0.39 is 0 Å². The van der Waals surface area contributed by atoms with Gasteiger partial charge in [-0.3, -0.25) is 9.78 Å². The largest absolute Gasteiger partial charge is 0.358 e. The third-order valence-corrected chi connectivity index (χ3v) is 4.36. The zero-order chi connectivity index (χ0) is 13.9. The van der Waals surface area contributed by atoms with Crippen molar-refractivity contribution in [1.29, 1.82) is 0 Å². The number of hydrogen-bond donors (Lipinski definition) is 0. The minimum Gasteiger partial charge on any atom is -0.358 e. The van der Waals surface area contributed by atoms with Crippen molar-refractivity contribution in [3.05, 3.63) is 24.3 Å². The van der Waals surface area contributed by atoms with Gasteiger partial charge in [0.05, 0.1) is 18.4 Å². The smallest absolute Gasteiger partial charge is 0.242 e. The summed E-state index contributed by atoms with van der Waals surface area (Å²) in [5.41, 5.74) is 0.483. The lowest BCUT2D eigenvalue weighted by molar-refractivity contribution is -0.134. The number of pyridine rings is 1. The second-order valence-corrected chi connectivity index (χ2v) is 5.63. The lowest BCUT2D eigenvalue weighted by Gasteiger charge is -2.41. The van der Waals surface area contributed by atoms with Gasteiger partial charge in [0.25, 0.3) is 0 Å². The quantitative estimate of drug-likeness (QED) is 0.831. The summed E-state index contributed by atoms with van der Waals surface area (Å²) >= 11 is 0. The molecule has 2 fully saturated rings. The second-order valence-electron chi connectivity index (χ2n) is 5.63. The van der Waals surface area contributed by atoms with E-state index in [0.29, 0.717) is 24.8 Å². The van der Waals surface area contributed by atoms with Crippen LogP contribution in [0.25, 0.3) is 0 Å². The molecule has 0 aromatic carbocycles. The molecule has 1 aromatic rings. The Balaban J connectivity index is 1.67. The molecule has 1 amide bonds. The van der Waals surface area contributed by atoms with Crippen molar-refractivity contribution >= 4 is 11.6 Å². The van der Waals surface area contributed by atoms with Gasteiger partial charge in [-0.15, -0.1) is 0 Å². The summed E-state index contributed by atoms with van der Waals surface area (Å²) in [6.45, 7) is 1.67. The normalized spacial score (nSPS) is 21.4. The Hall–Kier alpha value is -1.65. The first kappa shape index (κ1) is 13.3. The molecule has 0 atom stereocenters. The molecule has 0 spiro atoms. The van der Waals surface area contributed by atoms with Gasteiger partial charge in [0.15, 0.2) is 5.82 Å². The molecule has 1 saturated heterocycles. The SMILES string of the molecule is O=C1CN(c2ccncc2F)CCN1C1CCCCC1. The molecule has 1 aromatic heterocycles. The highest BCUT2D eigenvalue weighted by Crippen LogP contribution is 2.26. The number of anilines is 1. The van der Waals surface area contributed by atoms with Crippen LogP contribution in [0.3, 0.4) is 0 Å². The Morgan fingerprint density at radius 2 is 2.00 bits per heavy atom. The molecule has 5 heteroatoms. The van der Waals surface area contributed by atoms with Crippen molar-refractivity contribution in [2.75, 3.05) is 24.5 Å². The maximum Gasteiger partial charge on any atom is 0.242 e. The van der Waals surface area contributed by atoms with Gasteiger partial charge in [-0.2, -0.15) is 0 Å². The van der Waals surface area contributed by atoms with E-state index in [0.717, 1.165) is 12.8 Å². The number of aromatic nitrogens is 1. The minimum absolute atomic E-state index is 0.124. The molecule has 3 rings (SSSR count). The number of amides is 1. The van der Waals surface area contributed by atoms with E-state index in [9.17, 15) is 9.18 Å². The molecule has 0 bridgehead atoms. The Bertz CT molecular complexity index is 488. The van der Waals surface area contributed by atoms with Gasteiger partial charge in [0.1, 0.15) is 0 Å². The van der Waals surface area contributed by atoms with Crippen LogP contribution in [-0.2, 0) is 4.79 Å². The molecule has 0 N–H and O–H groups in total. The molecular weight excluding hydrogens is 257 g/mol. The van der Waals surface area contributed by atoms with Crippen LogP contribution in [-0.4, -0.2) is 41.5 Å². The number of carbonyl (C=O) groups excluding carboxylic acids is 1. The summed E-state index contributed by atoms with van der Waals surface area (Å²) in [5.74, 6) is -0.231. The molecule has 20 heavy (non-hydrogen) atoms. The fraction of sp³-hybridized carbons (Fsp3) is 0.600. The fourth-order valence-electron chi connectivity index (χ4n) is 3.30. The van der Waals surface area contributed by atoms with Gasteiger partial charge >= 0.3 is 0 Å². The van der Waals surface area contributed by atoms with Gasteiger partial charge in [0.2, 0.25) is 5.91 Å². The third kappa shape index (κ3) is 2.62. The predicted molar refractivity (Wildman–Crippen MR) is 75.0 cm³/mol. The summed E-state index contributed by atoms with van der Waals surface area (Å²) in [5, 5.41) is 0. The van der Waals surface area contributed by atoms with Crippen LogP contribution in [0.2, 0.25) is 0 Å². The molecule has 2 heterocycles. The van der Waals surface area contributed by atoms with Crippen LogP contribution in [0.15, 0.2) is 18.5 Å². The second kappa shape index (κ2) is 5.77. The molecular formula is C15H20FN3O. The zero-order valence-electron chi connectivity index (χ0n) is 11.6. The van der Waals surface area contributed by atoms with Crippen molar-refractivity contribution in [1.82, 2.24) is 9.88 Å². The summed E-state index contributed by atoms with van der Waals surface area (Å²) in [6.07, 6.45) is 8.73. The summed E-state index contributed by atoms with van der Waals surface area (Å²) < 4.78 is 13.7. The average Bonchev–Trinajstić information content (AvgIpc) is 2.48.